The van der Waals surface area contributed by atoms with Crippen molar-refractivity contribution in [1.29, 1.82) is 0 Å². The Balaban J connectivity index is 1.58. The van der Waals surface area contributed by atoms with Gasteiger partial charge in [0.25, 0.3) is 0 Å². The van der Waals surface area contributed by atoms with E-state index in [0.29, 0.717) is 0 Å². The first-order valence-electron chi connectivity index (χ1n) is 7.51. The first-order chi connectivity index (χ1) is 10.8. The lowest BCUT2D eigenvalue weighted by atomic mass is 10.0. The standard InChI is InChI=1S/C20H20N2/c1-16-7-11-18(12-8-16)19-13-9-17(10-14-19)15-21-22-20-5-3-2-4-6-20/h2-14,21-22H,15H2,1H3. The summed E-state index contributed by atoms with van der Waals surface area (Å²) >= 11 is 0. The van der Waals surface area contributed by atoms with Crippen molar-refractivity contribution in [3.05, 3.63) is 90.0 Å². The Kier molecular flexibility index (Phi) is 4.52. The second-order valence-electron chi connectivity index (χ2n) is 5.41. The summed E-state index contributed by atoms with van der Waals surface area (Å²) in [6.07, 6.45) is 0. The summed E-state index contributed by atoms with van der Waals surface area (Å²) in [5.74, 6) is 0. The molecule has 3 aromatic carbocycles. The molecule has 0 aliphatic carbocycles. The molecule has 0 atom stereocenters. The predicted molar refractivity (Wildman–Crippen MR) is 93.5 cm³/mol. The Morgan fingerprint density at radius 1 is 0.682 bits per heavy atom. The molecule has 0 spiro atoms. The van der Waals surface area contributed by atoms with Crippen LogP contribution in [0.4, 0.5) is 5.69 Å². The highest BCUT2D eigenvalue weighted by molar-refractivity contribution is 5.63. The van der Waals surface area contributed by atoms with Gasteiger partial charge in [0.2, 0.25) is 0 Å². The topological polar surface area (TPSA) is 24.1 Å². The largest absolute Gasteiger partial charge is 0.321 e. The average Bonchev–Trinajstić information content (AvgIpc) is 2.57. The zero-order chi connectivity index (χ0) is 15.2. The zero-order valence-corrected chi connectivity index (χ0v) is 12.7. The lowest BCUT2D eigenvalue weighted by Gasteiger charge is -2.09. The van der Waals surface area contributed by atoms with Crippen molar-refractivity contribution in [1.82, 2.24) is 5.43 Å². The van der Waals surface area contributed by atoms with Crippen LogP contribution in [-0.4, -0.2) is 0 Å². The highest BCUT2D eigenvalue weighted by Crippen LogP contribution is 2.20. The highest BCUT2D eigenvalue weighted by atomic mass is 15.3. The van der Waals surface area contributed by atoms with E-state index in [9.17, 15) is 0 Å². The number of hydrazine groups is 1. The molecule has 0 aromatic heterocycles. The van der Waals surface area contributed by atoms with E-state index >= 15 is 0 Å². The summed E-state index contributed by atoms with van der Waals surface area (Å²) in [5.41, 5.74) is 12.5. The van der Waals surface area contributed by atoms with Gasteiger partial charge in [-0.05, 0) is 35.7 Å². The van der Waals surface area contributed by atoms with Crippen molar-refractivity contribution in [3.8, 4) is 11.1 Å². The average molecular weight is 288 g/mol. The minimum Gasteiger partial charge on any atom is -0.321 e. The molecule has 2 N–H and O–H groups in total. The van der Waals surface area contributed by atoms with Gasteiger partial charge in [0.05, 0.1) is 0 Å². The Morgan fingerprint density at radius 3 is 1.91 bits per heavy atom. The molecule has 0 saturated carbocycles. The lowest BCUT2D eigenvalue weighted by molar-refractivity contribution is 0.801. The summed E-state index contributed by atoms with van der Waals surface area (Å²) in [6, 6.07) is 27.4. The smallest absolute Gasteiger partial charge is 0.0487 e. The monoisotopic (exact) mass is 288 g/mol. The summed E-state index contributed by atoms with van der Waals surface area (Å²) in [4.78, 5) is 0. The van der Waals surface area contributed by atoms with Gasteiger partial charge in [0.1, 0.15) is 0 Å². The van der Waals surface area contributed by atoms with E-state index in [-0.39, 0.29) is 0 Å². The molecule has 0 saturated heterocycles. The minimum absolute atomic E-state index is 0.781. The van der Waals surface area contributed by atoms with Crippen molar-refractivity contribution < 1.29 is 0 Å². The second-order valence-corrected chi connectivity index (χ2v) is 5.41. The second kappa shape index (κ2) is 6.92. The number of anilines is 1. The van der Waals surface area contributed by atoms with Gasteiger partial charge in [0, 0.05) is 12.2 Å². The van der Waals surface area contributed by atoms with Gasteiger partial charge in [-0.1, -0.05) is 72.3 Å². The third-order valence-electron chi connectivity index (χ3n) is 3.64. The van der Waals surface area contributed by atoms with Gasteiger partial charge in [-0.25, -0.2) is 5.43 Å². The van der Waals surface area contributed by atoms with Crippen molar-refractivity contribution >= 4 is 5.69 Å². The molecule has 0 fully saturated rings. The van der Waals surface area contributed by atoms with Gasteiger partial charge in [-0.3, -0.25) is 0 Å². The van der Waals surface area contributed by atoms with Crippen molar-refractivity contribution in [2.45, 2.75) is 13.5 Å². The number of hydrogen-bond donors (Lipinski definition) is 2. The normalized spacial score (nSPS) is 10.4. The van der Waals surface area contributed by atoms with E-state index < -0.39 is 0 Å². The fourth-order valence-electron chi connectivity index (χ4n) is 2.33. The third-order valence-corrected chi connectivity index (χ3v) is 3.64. The molecule has 2 nitrogen and oxygen atoms in total. The van der Waals surface area contributed by atoms with Crippen molar-refractivity contribution in [3.63, 3.8) is 0 Å². The zero-order valence-electron chi connectivity index (χ0n) is 12.7. The Bertz CT molecular complexity index is 701. The van der Waals surface area contributed by atoms with E-state index in [0.717, 1.165) is 12.2 Å². The fraction of sp³-hybridized carbons (Fsp3) is 0.100. The van der Waals surface area contributed by atoms with Crippen LogP contribution in [-0.2, 0) is 6.54 Å². The highest BCUT2D eigenvalue weighted by Gasteiger charge is 1.98. The lowest BCUT2D eigenvalue weighted by Crippen LogP contribution is -2.20. The quantitative estimate of drug-likeness (QED) is 0.660. The van der Waals surface area contributed by atoms with Gasteiger partial charge < -0.3 is 5.43 Å². The van der Waals surface area contributed by atoms with Gasteiger partial charge in [-0.2, -0.15) is 0 Å². The fourth-order valence-corrected chi connectivity index (χ4v) is 2.33. The number of nitrogens with one attached hydrogen (secondary N) is 2. The molecule has 0 heterocycles. The molecule has 2 heteroatoms. The minimum atomic E-state index is 0.781. The summed E-state index contributed by atoms with van der Waals surface area (Å²) in [6.45, 7) is 2.89. The van der Waals surface area contributed by atoms with E-state index in [1.165, 1.54) is 22.3 Å². The number of aryl methyl sites for hydroxylation is 1. The molecular formula is C20H20N2. The molecule has 0 aliphatic heterocycles. The maximum atomic E-state index is 3.23. The van der Waals surface area contributed by atoms with Crippen LogP contribution >= 0.6 is 0 Å². The number of rotatable bonds is 5. The van der Waals surface area contributed by atoms with Crippen LogP contribution in [0.2, 0.25) is 0 Å². The molecule has 22 heavy (non-hydrogen) atoms. The number of hydrogen-bond acceptors (Lipinski definition) is 2. The maximum Gasteiger partial charge on any atom is 0.0487 e. The Hall–Kier alpha value is -2.58. The van der Waals surface area contributed by atoms with Crippen molar-refractivity contribution in [2.75, 3.05) is 5.43 Å². The van der Waals surface area contributed by atoms with E-state index in [4.69, 9.17) is 0 Å². The Morgan fingerprint density at radius 2 is 1.27 bits per heavy atom. The molecule has 0 amide bonds. The first-order valence-corrected chi connectivity index (χ1v) is 7.51. The van der Waals surface area contributed by atoms with Gasteiger partial charge in [0.15, 0.2) is 0 Å². The van der Waals surface area contributed by atoms with Crippen molar-refractivity contribution in [2.24, 2.45) is 0 Å². The van der Waals surface area contributed by atoms with E-state index in [1.54, 1.807) is 0 Å². The molecule has 0 bridgehead atoms. The van der Waals surface area contributed by atoms with Gasteiger partial charge >= 0.3 is 0 Å². The van der Waals surface area contributed by atoms with Crippen LogP contribution in [0.1, 0.15) is 11.1 Å². The molecule has 110 valence electrons. The van der Waals surface area contributed by atoms with E-state index in [2.05, 4.69) is 66.3 Å². The molecule has 3 aromatic rings. The SMILES string of the molecule is Cc1ccc(-c2ccc(CNNc3ccccc3)cc2)cc1. The van der Waals surface area contributed by atoms with Crippen LogP contribution in [0, 0.1) is 6.92 Å². The molecule has 0 aliphatic rings. The van der Waals surface area contributed by atoms with Crippen LogP contribution in [0.25, 0.3) is 11.1 Å². The molecule has 0 unspecified atom stereocenters. The molecule has 0 radical (unpaired) electrons. The number of benzene rings is 3. The summed E-state index contributed by atoms with van der Waals surface area (Å²) < 4.78 is 0. The van der Waals surface area contributed by atoms with E-state index in [1.807, 2.05) is 30.3 Å². The third kappa shape index (κ3) is 3.74. The molecular weight excluding hydrogens is 268 g/mol. The summed E-state index contributed by atoms with van der Waals surface area (Å²) in [7, 11) is 0. The Labute approximate surface area is 131 Å². The summed E-state index contributed by atoms with van der Waals surface area (Å²) in [5, 5.41) is 0. The predicted octanol–water partition coefficient (Wildman–Crippen LogP) is 4.78. The first kappa shape index (κ1) is 14.4. The number of para-hydroxylation sites is 1. The van der Waals surface area contributed by atoms with Crippen LogP contribution < -0.4 is 10.9 Å². The molecule has 3 rings (SSSR count). The van der Waals surface area contributed by atoms with Crippen LogP contribution in [0.15, 0.2) is 78.9 Å². The van der Waals surface area contributed by atoms with Gasteiger partial charge in [-0.15, -0.1) is 0 Å². The van der Waals surface area contributed by atoms with Crippen LogP contribution in [0.3, 0.4) is 0 Å². The maximum absolute atomic E-state index is 3.23. The van der Waals surface area contributed by atoms with Crippen LogP contribution in [0.5, 0.6) is 0 Å².